The van der Waals surface area contributed by atoms with Crippen LogP contribution in [0.25, 0.3) is 11.1 Å². The van der Waals surface area contributed by atoms with Crippen molar-refractivity contribution >= 4 is 17.8 Å². The molecule has 7 heteroatoms. The molecular formula is C24H28NNaO5. The van der Waals surface area contributed by atoms with Gasteiger partial charge in [-0.15, -0.1) is 0 Å². The molecule has 0 radical (unpaired) electrons. The number of amides is 1. The fraction of sp³-hybridized carbons (Fsp3) is 0.375. The van der Waals surface area contributed by atoms with Crippen molar-refractivity contribution in [3.05, 3.63) is 60.2 Å². The molecule has 6 nitrogen and oxygen atoms in total. The molecule has 2 rings (SSSR count). The molecule has 2 aromatic rings. The molecule has 0 fully saturated rings. The van der Waals surface area contributed by atoms with Crippen LogP contribution < -0.4 is 40.0 Å². The Labute approximate surface area is 205 Å². The summed E-state index contributed by atoms with van der Waals surface area (Å²) < 4.78 is 4.83. The van der Waals surface area contributed by atoms with E-state index in [1.165, 1.54) is 0 Å². The summed E-state index contributed by atoms with van der Waals surface area (Å²) in [4.78, 5) is 34.9. The minimum absolute atomic E-state index is 0. The van der Waals surface area contributed by atoms with Gasteiger partial charge in [-0.05, 0) is 42.4 Å². The SMILES string of the molecule is CCOC(=O)CCC(=O)N[C@H](Cc1ccc(-c2ccccc2)cc1)C[C@@H](C)C(=O)[O-].[Na+]. The normalized spacial score (nSPS) is 12.2. The van der Waals surface area contributed by atoms with Gasteiger partial charge in [0.1, 0.15) is 0 Å². The van der Waals surface area contributed by atoms with Crippen LogP contribution >= 0.6 is 0 Å². The first-order valence-corrected chi connectivity index (χ1v) is 10.2. The molecule has 0 bridgehead atoms. The van der Waals surface area contributed by atoms with E-state index in [1.807, 2.05) is 54.6 Å². The number of carbonyl (C=O) groups is 3. The molecule has 1 N–H and O–H groups in total. The number of hydrogen-bond acceptors (Lipinski definition) is 5. The van der Waals surface area contributed by atoms with Gasteiger partial charge >= 0.3 is 35.5 Å². The Bertz CT molecular complexity index is 839. The van der Waals surface area contributed by atoms with Crippen molar-refractivity contribution in [2.75, 3.05) is 6.61 Å². The van der Waals surface area contributed by atoms with Gasteiger partial charge in [-0.2, -0.15) is 0 Å². The number of aliphatic carboxylic acids is 1. The molecule has 2 atom stereocenters. The minimum Gasteiger partial charge on any atom is -0.550 e. The Morgan fingerprint density at radius 1 is 0.968 bits per heavy atom. The molecule has 0 aliphatic carbocycles. The van der Waals surface area contributed by atoms with Crippen LogP contribution in [0.4, 0.5) is 0 Å². The molecule has 0 heterocycles. The quantitative estimate of drug-likeness (QED) is 0.381. The van der Waals surface area contributed by atoms with Gasteiger partial charge < -0.3 is 20.0 Å². The van der Waals surface area contributed by atoms with E-state index >= 15 is 0 Å². The summed E-state index contributed by atoms with van der Waals surface area (Å²) in [5.41, 5.74) is 3.17. The largest absolute Gasteiger partial charge is 1.00 e. The van der Waals surface area contributed by atoms with Crippen LogP contribution in [-0.4, -0.2) is 30.5 Å². The predicted molar refractivity (Wildman–Crippen MR) is 112 cm³/mol. The van der Waals surface area contributed by atoms with E-state index in [9.17, 15) is 19.5 Å². The fourth-order valence-electron chi connectivity index (χ4n) is 3.21. The fourth-order valence-corrected chi connectivity index (χ4v) is 3.21. The third-order valence-corrected chi connectivity index (χ3v) is 4.81. The van der Waals surface area contributed by atoms with Crippen LogP contribution in [-0.2, 0) is 25.5 Å². The van der Waals surface area contributed by atoms with Crippen molar-refractivity contribution < 1.29 is 53.8 Å². The maximum atomic E-state index is 12.3. The maximum Gasteiger partial charge on any atom is 1.00 e. The number of carbonyl (C=O) groups excluding carboxylic acids is 3. The average molecular weight is 433 g/mol. The molecular weight excluding hydrogens is 405 g/mol. The smallest absolute Gasteiger partial charge is 0.550 e. The van der Waals surface area contributed by atoms with Gasteiger partial charge in [0.25, 0.3) is 0 Å². The topological polar surface area (TPSA) is 95.5 Å². The average Bonchev–Trinajstić information content (AvgIpc) is 2.73. The van der Waals surface area contributed by atoms with E-state index in [2.05, 4.69) is 5.32 Å². The number of ether oxygens (including phenoxy) is 1. The zero-order valence-electron chi connectivity index (χ0n) is 18.4. The van der Waals surface area contributed by atoms with E-state index in [-0.39, 0.29) is 67.4 Å². The number of rotatable bonds is 11. The number of hydrogen-bond donors (Lipinski definition) is 1. The second-order valence-corrected chi connectivity index (χ2v) is 7.29. The monoisotopic (exact) mass is 433 g/mol. The van der Waals surface area contributed by atoms with E-state index < -0.39 is 17.9 Å². The van der Waals surface area contributed by atoms with Crippen LogP contribution in [0.1, 0.15) is 38.7 Å². The van der Waals surface area contributed by atoms with E-state index in [0.717, 1.165) is 16.7 Å². The predicted octanol–water partition coefficient (Wildman–Crippen LogP) is -0.496. The molecule has 0 aliphatic heterocycles. The molecule has 1 amide bonds. The number of esters is 1. The van der Waals surface area contributed by atoms with Gasteiger partial charge in [0.05, 0.1) is 13.0 Å². The summed E-state index contributed by atoms with van der Waals surface area (Å²) in [7, 11) is 0. The third kappa shape index (κ3) is 9.68. The molecule has 0 saturated heterocycles. The van der Waals surface area contributed by atoms with Crippen LogP contribution in [0.5, 0.6) is 0 Å². The van der Waals surface area contributed by atoms with Crippen molar-refractivity contribution in [1.29, 1.82) is 0 Å². The van der Waals surface area contributed by atoms with Gasteiger partial charge in [0.2, 0.25) is 5.91 Å². The molecule has 0 spiro atoms. The molecule has 160 valence electrons. The summed E-state index contributed by atoms with van der Waals surface area (Å²) in [6.45, 7) is 3.54. The van der Waals surface area contributed by atoms with Gasteiger partial charge in [0.15, 0.2) is 0 Å². The zero-order chi connectivity index (χ0) is 21.9. The van der Waals surface area contributed by atoms with E-state index in [4.69, 9.17) is 4.74 Å². The van der Waals surface area contributed by atoms with Crippen molar-refractivity contribution in [3.63, 3.8) is 0 Å². The molecule has 0 saturated carbocycles. The Kier molecular flexibility index (Phi) is 12.2. The van der Waals surface area contributed by atoms with Crippen molar-refractivity contribution in [2.45, 2.75) is 45.6 Å². The number of carboxylic acid groups (broad SMARTS) is 1. The maximum absolute atomic E-state index is 12.3. The minimum atomic E-state index is -1.15. The first-order valence-electron chi connectivity index (χ1n) is 10.2. The van der Waals surface area contributed by atoms with Gasteiger partial charge in [-0.3, -0.25) is 9.59 Å². The standard InChI is InChI=1S/C24H29NO5.Na/c1-3-30-23(27)14-13-22(26)25-21(15-17(2)24(28)29)16-18-9-11-20(12-10-18)19-7-5-4-6-8-19;/h4-12,17,21H,3,13-16H2,1-2H3,(H,25,26)(H,28,29);/q;+1/p-1/t17-,21+;/m1./s1. The van der Waals surface area contributed by atoms with Gasteiger partial charge in [-0.1, -0.05) is 61.5 Å². The van der Waals surface area contributed by atoms with E-state index in [1.54, 1.807) is 13.8 Å². The summed E-state index contributed by atoms with van der Waals surface area (Å²) in [5, 5.41) is 14.0. The van der Waals surface area contributed by atoms with Crippen LogP contribution in [0, 0.1) is 5.92 Å². The Morgan fingerprint density at radius 3 is 2.16 bits per heavy atom. The van der Waals surface area contributed by atoms with Crippen molar-refractivity contribution in [3.8, 4) is 11.1 Å². The molecule has 0 aromatic heterocycles. The van der Waals surface area contributed by atoms with Crippen LogP contribution in [0.15, 0.2) is 54.6 Å². The molecule has 31 heavy (non-hydrogen) atoms. The van der Waals surface area contributed by atoms with Crippen LogP contribution in [0.3, 0.4) is 0 Å². The zero-order valence-corrected chi connectivity index (χ0v) is 20.4. The number of nitrogens with one attached hydrogen (secondary N) is 1. The van der Waals surface area contributed by atoms with Gasteiger partial charge in [-0.25, -0.2) is 0 Å². The second-order valence-electron chi connectivity index (χ2n) is 7.29. The second kappa shape index (κ2) is 14.0. The van der Waals surface area contributed by atoms with Crippen molar-refractivity contribution in [2.24, 2.45) is 5.92 Å². The van der Waals surface area contributed by atoms with E-state index in [0.29, 0.717) is 6.42 Å². The summed E-state index contributed by atoms with van der Waals surface area (Å²) >= 11 is 0. The third-order valence-electron chi connectivity index (χ3n) is 4.81. The summed E-state index contributed by atoms with van der Waals surface area (Å²) in [5.74, 6) is -2.59. The molecule has 0 unspecified atom stereocenters. The molecule has 0 aliphatic rings. The van der Waals surface area contributed by atoms with Crippen LogP contribution in [0.2, 0.25) is 0 Å². The Hall–Kier alpha value is -2.15. The number of carboxylic acids is 1. The number of benzene rings is 2. The molecule has 2 aromatic carbocycles. The first kappa shape index (κ1) is 26.9. The summed E-state index contributed by atoms with van der Waals surface area (Å²) in [6.07, 6.45) is 0.724. The summed E-state index contributed by atoms with van der Waals surface area (Å²) in [6, 6.07) is 17.6. The Balaban J connectivity index is 0.00000480. The Morgan fingerprint density at radius 2 is 1.58 bits per heavy atom. The van der Waals surface area contributed by atoms with Gasteiger partial charge in [0, 0.05) is 18.4 Å². The first-order chi connectivity index (χ1) is 14.4. The van der Waals surface area contributed by atoms with Crippen molar-refractivity contribution in [1.82, 2.24) is 5.32 Å².